The number of amides is 2. The van der Waals surface area contributed by atoms with Crippen molar-refractivity contribution in [2.24, 2.45) is 0 Å². The minimum atomic E-state index is -0.353. The van der Waals surface area contributed by atoms with Gasteiger partial charge in [0, 0.05) is 22.2 Å². The van der Waals surface area contributed by atoms with Crippen LogP contribution < -0.4 is 10.6 Å². The highest BCUT2D eigenvalue weighted by Gasteiger charge is 2.15. The minimum Gasteiger partial charge on any atom is -0.351 e. The molecule has 0 saturated heterocycles. The first-order chi connectivity index (χ1) is 18.5. The number of hydrogen-bond donors (Lipinski definition) is 2. The van der Waals surface area contributed by atoms with Gasteiger partial charge in [0.25, 0.3) is 11.8 Å². The van der Waals surface area contributed by atoms with E-state index in [9.17, 15) is 9.59 Å². The van der Waals surface area contributed by atoms with Crippen LogP contribution in [0, 0.1) is 0 Å². The molecule has 0 unspecified atom stereocenters. The summed E-state index contributed by atoms with van der Waals surface area (Å²) in [5.41, 5.74) is 1.22. The van der Waals surface area contributed by atoms with Crippen LogP contribution in [-0.4, -0.2) is 18.4 Å². The zero-order chi connectivity index (χ0) is 27.4. The van der Waals surface area contributed by atoms with Crippen LogP contribution in [0.1, 0.15) is 113 Å². The number of halogens is 2. The summed E-state index contributed by atoms with van der Waals surface area (Å²) in [5.74, 6) is -0.691. The second-order valence-electron chi connectivity index (χ2n) is 9.90. The number of carbonyl (C=O) groups excluding carboxylic acids is 2. The van der Waals surface area contributed by atoms with Crippen LogP contribution in [0.5, 0.6) is 0 Å². The maximum absolute atomic E-state index is 13.0. The summed E-state index contributed by atoms with van der Waals surface area (Å²) in [6.45, 7) is 2.82. The molecule has 2 amide bonds. The lowest BCUT2D eigenvalue weighted by atomic mass is 10.0. The molecular weight excluding hydrogens is 515 g/mol. The van der Waals surface area contributed by atoms with Crippen molar-refractivity contribution in [3.63, 3.8) is 0 Å². The third kappa shape index (κ3) is 13.5. The Kier molecular flexibility index (Phi) is 16.6. The molecule has 2 aromatic rings. The van der Waals surface area contributed by atoms with Gasteiger partial charge in [0.1, 0.15) is 5.70 Å². The van der Waals surface area contributed by atoms with Gasteiger partial charge in [-0.15, -0.1) is 0 Å². The number of unbranched alkanes of at least 4 members (excludes halogenated alkanes) is 13. The Morgan fingerprint density at radius 1 is 0.737 bits per heavy atom. The fourth-order valence-electron chi connectivity index (χ4n) is 4.33. The molecule has 2 aromatic carbocycles. The van der Waals surface area contributed by atoms with E-state index in [-0.39, 0.29) is 17.5 Å². The van der Waals surface area contributed by atoms with Crippen molar-refractivity contribution in [1.82, 2.24) is 10.6 Å². The molecule has 4 nitrogen and oxygen atoms in total. The maximum atomic E-state index is 13.0. The van der Waals surface area contributed by atoms with Crippen LogP contribution in [0.25, 0.3) is 6.08 Å². The lowest BCUT2D eigenvalue weighted by Crippen LogP contribution is -2.35. The van der Waals surface area contributed by atoms with Crippen LogP contribution in [0.4, 0.5) is 0 Å². The Hall–Kier alpha value is -2.30. The van der Waals surface area contributed by atoms with Gasteiger partial charge in [-0.2, -0.15) is 0 Å². The predicted molar refractivity (Wildman–Crippen MR) is 162 cm³/mol. The number of hydrogen-bond acceptors (Lipinski definition) is 2. The van der Waals surface area contributed by atoms with E-state index in [0.717, 1.165) is 12.8 Å². The maximum Gasteiger partial charge on any atom is 0.267 e. The normalized spacial score (nSPS) is 11.4. The van der Waals surface area contributed by atoms with Crippen molar-refractivity contribution in [3.8, 4) is 0 Å². The van der Waals surface area contributed by atoms with Crippen LogP contribution >= 0.6 is 23.2 Å². The van der Waals surface area contributed by atoms with E-state index >= 15 is 0 Å². The molecule has 0 saturated carbocycles. The highest BCUT2D eigenvalue weighted by molar-refractivity contribution is 6.35. The molecule has 0 aliphatic rings. The number of rotatable bonds is 19. The van der Waals surface area contributed by atoms with Gasteiger partial charge in [0.2, 0.25) is 0 Å². The fraction of sp³-hybridized carbons (Fsp3) is 0.500. The largest absolute Gasteiger partial charge is 0.351 e. The molecule has 6 heteroatoms. The summed E-state index contributed by atoms with van der Waals surface area (Å²) in [4.78, 5) is 25.7. The van der Waals surface area contributed by atoms with Gasteiger partial charge in [-0.25, -0.2) is 0 Å². The first-order valence-corrected chi connectivity index (χ1v) is 15.1. The fourth-order valence-corrected chi connectivity index (χ4v) is 4.80. The Morgan fingerprint density at radius 2 is 1.29 bits per heavy atom. The lowest BCUT2D eigenvalue weighted by Gasteiger charge is -2.12. The predicted octanol–water partition coefficient (Wildman–Crippen LogP) is 9.36. The molecule has 0 spiro atoms. The molecule has 0 radical (unpaired) electrons. The molecule has 0 atom stereocenters. The van der Waals surface area contributed by atoms with Gasteiger partial charge in [-0.1, -0.05) is 138 Å². The molecule has 0 aliphatic carbocycles. The van der Waals surface area contributed by atoms with E-state index in [1.165, 1.54) is 77.0 Å². The van der Waals surface area contributed by atoms with E-state index < -0.39 is 0 Å². The smallest absolute Gasteiger partial charge is 0.267 e. The standard InChI is InChI=1S/C32H44Cl2N2O2/c1-2-3-4-5-6-7-8-9-10-11-12-13-14-18-23-35-32(38)30(24-27-21-22-28(33)25-29(27)34)36-31(37)26-19-16-15-17-20-26/h15-17,19-22,24-25H,2-14,18,23H2,1H3,(H,35,38)(H,36,37)/b30-24+. The van der Waals surface area contributed by atoms with Crippen molar-refractivity contribution >= 4 is 41.1 Å². The summed E-state index contributed by atoms with van der Waals surface area (Å²) >= 11 is 12.3. The quantitative estimate of drug-likeness (QED) is 0.133. The molecule has 2 rings (SSSR count). The van der Waals surface area contributed by atoms with E-state index in [0.29, 0.717) is 27.7 Å². The summed E-state index contributed by atoms with van der Waals surface area (Å²) in [7, 11) is 0. The Labute approximate surface area is 239 Å². The topological polar surface area (TPSA) is 58.2 Å². The SMILES string of the molecule is CCCCCCCCCCCCCCCCNC(=O)/C(=C\c1ccc(Cl)cc1Cl)NC(=O)c1ccccc1. The van der Waals surface area contributed by atoms with E-state index in [4.69, 9.17) is 23.2 Å². The molecule has 0 fully saturated rings. The Morgan fingerprint density at radius 3 is 1.84 bits per heavy atom. The van der Waals surface area contributed by atoms with Crippen LogP contribution in [0.3, 0.4) is 0 Å². The molecular formula is C32H44Cl2N2O2. The van der Waals surface area contributed by atoms with Gasteiger partial charge in [0.05, 0.1) is 0 Å². The Bertz CT molecular complexity index is 992. The van der Waals surface area contributed by atoms with Crippen molar-refractivity contribution in [3.05, 3.63) is 75.4 Å². The molecule has 0 bridgehead atoms. The molecule has 0 heterocycles. The molecule has 38 heavy (non-hydrogen) atoms. The van der Waals surface area contributed by atoms with Crippen LogP contribution in [0.2, 0.25) is 10.0 Å². The number of carbonyl (C=O) groups is 2. The second-order valence-corrected chi connectivity index (χ2v) is 10.7. The summed E-state index contributed by atoms with van der Waals surface area (Å²) in [6, 6.07) is 13.8. The monoisotopic (exact) mass is 558 g/mol. The molecule has 0 aliphatic heterocycles. The van der Waals surface area contributed by atoms with Gasteiger partial charge < -0.3 is 10.6 Å². The average molecular weight is 560 g/mol. The third-order valence-corrected chi connectivity index (χ3v) is 7.17. The Balaban J connectivity index is 1.71. The van der Waals surface area contributed by atoms with Gasteiger partial charge in [-0.3, -0.25) is 9.59 Å². The summed E-state index contributed by atoms with van der Waals surface area (Å²) in [5, 5.41) is 6.60. The lowest BCUT2D eigenvalue weighted by molar-refractivity contribution is -0.117. The zero-order valence-electron chi connectivity index (χ0n) is 22.9. The van der Waals surface area contributed by atoms with Gasteiger partial charge >= 0.3 is 0 Å². The third-order valence-electron chi connectivity index (χ3n) is 6.61. The number of nitrogens with one attached hydrogen (secondary N) is 2. The zero-order valence-corrected chi connectivity index (χ0v) is 24.4. The first-order valence-electron chi connectivity index (χ1n) is 14.3. The van der Waals surface area contributed by atoms with Crippen molar-refractivity contribution in [1.29, 1.82) is 0 Å². The van der Waals surface area contributed by atoms with Crippen molar-refractivity contribution in [2.45, 2.75) is 96.8 Å². The summed E-state index contributed by atoms with van der Waals surface area (Å²) in [6.07, 6.45) is 19.6. The summed E-state index contributed by atoms with van der Waals surface area (Å²) < 4.78 is 0. The second kappa shape index (κ2) is 19.7. The molecule has 208 valence electrons. The van der Waals surface area contributed by atoms with Crippen LogP contribution in [-0.2, 0) is 4.79 Å². The number of benzene rings is 2. The van der Waals surface area contributed by atoms with Gasteiger partial charge in [0.15, 0.2) is 0 Å². The molecule has 2 N–H and O–H groups in total. The average Bonchev–Trinajstić information content (AvgIpc) is 2.92. The van der Waals surface area contributed by atoms with Gasteiger partial charge in [-0.05, 0) is 42.3 Å². The van der Waals surface area contributed by atoms with E-state index in [1.54, 1.807) is 48.5 Å². The highest BCUT2D eigenvalue weighted by Crippen LogP contribution is 2.23. The minimum absolute atomic E-state index is 0.147. The van der Waals surface area contributed by atoms with Crippen molar-refractivity contribution < 1.29 is 9.59 Å². The van der Waals surface area contributed by atoms with Crippen molar-refractivity contribution in [2.75, 3.05) is 6.54 Å². The first kappa shape index (κ1) is 31.9. The highest BCUT2D eigenvalue weighted by atomic mass is 35.5. The van der Waals surface area contributed by atoms with E-state index in [2.05, 4.69) is 17.6 Å². The van der Waals surface area contributed by atoms with Crippen LogP contribution in [0.15, 0.2) is 54.2 Å². The molecule has 0 aromatic heterocycles. The van der Waals surface area contributed by atoms with E-state index in [1.807, 2.05) is 6.07 Å².